The molecule has 0 amide bonds. The third-order valence-electron chi connectivity index (χ3n) is 3.70. The third kappa shape index (κ3) is 2.33. The molecule has 0 radical (unpaired) electrons. The summed E-state index contributed by atoms with van der Waals surface area (Å²) in [4.78, 5) is 17.7. The van der Waals surface area contributed by atoms with Gasteiger partial charge in [-0.15, -0.1) is 0 Å². The minimum absolute atomic E-state index is 0.341. The molecular formula is C14H18N2O2. The second kappa shape index (κ2) is 4.26. The van der Waals surface area contributed by atoms with Gasteiger partial charge in [0.15, 0.2) is 0 Å². The van der Waals surface area contributed by atoms with Crippen molar-refractivity contribution < 1.29 is 9.90 Å². The number of hydrogen-bond acceptors (Lipinski definition) is 3. The van der Waals surface area contributed by atoms with Crippen molar-refractivity contribution in [3.05, 3.63) is 23.5 Å². The van der Waals surface area contributed by atoms with E-state index in [-0.39, 0.29) is 0 Å². The Morgan fingerprint density at radius 2 is 2.17 bits per heavy atom. The summed E-state index contributed by atoms with van der Waals surface area (Å²) in [5, 5.41) is 9.29. The molecule has 18 heavy (non-hydrogen) atoms. The average Bonchev–Trinajstić information content (AvgIpc) is 3.18. The highest BCUT2D eigenvalue weighted by Crippen LogP contribution is 2.38. The number of carbonyl (C=O) groups is 1. The predicted molar refractivity (Wildman–Crippen MR) is 69.0 cm³/mol. The highest BCUT2D eigenvalue weighted by atomic mass is 16.4. The number of pyridine rings is 1. The Bertz CT molecular complexity index is 479. The maximum absolute atomic E-state index is 11.3. The number of carboxylic acid groups (broad SMARTS) is 1. The van der Waals surface area contributed by atoms with Crippen molar-refractivity contribution in [3.8, 4) is 0 Å². The number of anilines is 1. The Kier molecular flexibility index (Phi) is 2.73. The van der Waals surface area contributed by atoms with Gasteiger partial charge < -0.3 is 10.0 Å². The molecule has 0 atom stereocenters. The van der Waals surface area contributed by atoms with Crippen LogP contribution in [0.4, 0.5) is 5.69 Å². The normalized spacial score (nSPS) is 18.7. The van der Waals surface area contributed by atoms with Crippen LogP contribution in [-0.4, -0.2) is 28.6 Å². The molecule has 4 nitrogen and oxygen atoms in total. The third-order valence-corrected chi connectivity index (χ3v) is 3.70. The molecule has 1 N–H and O–H groups in total. The first-order valence-corrected chi connectivity index (χ1v) is 6.61. The van der Waals surface area contributed by atoms with Gasteiger partial charge in [0, 0.05) is 24.5 Å². The lowest BCUT2D eigenvalue weighted by molar-refractivity contribution is 0.0697. The highest BCUT2D eigenvalue weighted by Gasteiger charge is 2.35. The van der Waals surface area contributed by atoms with Gasteiger partial charge in [-0.1, -0.05) is 0 Å². The average molecular weight is 246 g/mol. The van der Waals surface area contributed by atoms with Crippen molar-refractivity contribution in [2.45, 2.75) is 38.6 Å². The fourth-order valence-electron chi connectivity index (χ4n) is 2.36. The number of aromatic nitrogens is 1. The minimum atomic E-state index is -0.876. The van der Waals surface area contributed by atoms with Crippen LogP contribution in [0.25, 0.3) is 0 Å². The molecule has 0 bridgehead atoms. The Morgan fingerprint density at radius 1 is 1.44 bits per heavy atom. The lowest BCUT2D eigenvalue weighted by atomic mass is 10.1. The maximum atomic E-state index is 11.3. The zero-order chi connectivity index (χ0) is 12.7. The Balaban J connectivity index is 1.95. The molecule has 0 saturated heterocycles. The van der Waals surface area contributed by atoms with Crippen molar-refractivity contribution >= 4 is 11.7 Å². The van der Waals surface area contributed by atoms with E-state index in [9.17, 15) is 9.90 Å². The highest BCUT2D eigenvalue weighted by molar-refractivity contribution is 5.94. The first-order valence-electron chi connectivity index (χ1n) is 6.61. The SMILES string of the molecule is Cc1cc(N(CC2CC2)C2CC2)c(C(=O)O)cn1. The van der Waals surface area contributed by atoms with E-state index in [2.05, 4.69) is 9.88 Å². The number of hydrogen-bond donors (Lipinski definition) is 1. The lowest BCUT2D eigenvalue weighted by Gasteiger charge is -2.26. The summed E-state index contributed by atoms with van der Waals surface area (Å²) in [5.74, 6) is -0.111. The zero-order valence-electron chi connectivity index (χ0n) is 10.6. The molecule has 3 rings (SSSR count). The van der Waals surface area contributed by atoms with Crippen LogP contribution < -0.4 is 4.90 Å². The fourth-order valence-corrected chi connectivity index (χ4v) is 2.36. The van der Waals surface area contributed by atoms with Gasteiger partial charge in [-0.2, -0.15) is 0 Å². The molecule has 0 spiro atoms. The standard InChI is InChI=1S/C14H18N2O2/c1-9-6-13(12(7-15-9)14(17)18)16(11-4-5-11)8-10-2-3-10/h6-7,10-11H,2-5,8H2,1H3,(H,17,18). The van der Waals surface area contributed by atoms with E-state index < -0.39 is 5.97 Å². The van der Waals surface area contributed by atoms with Crippen LogP contribution in [0.1, 0.15) is 41.7 Å². The first kappa shape index (κ1) is 11.5. The monoisotopic (exact) mass is 246 g/mol. The molecule has 0 aromatic carbocycles. The van der Waals surface area contributed by atoms with Gasteiger partial charge in [0.25, 0.3) is 0 Å². The maximum Gasteiger partial charge on any atom is 0.339 e. The van der Waals surface area contributed by atoms with Gasteiger partial charge in [0.05, 0.1) is 5.69 Å². The number of aryl methyl sites for hydroxylation is 1. The van der Waals surface area contributed by atoms with Crippen molar-refractivity contribution in [2.24, 2.45) is 5.92 Å². The summed E-state index contributed by atoms with van der Waals surface area (Å²) in [7, 11) is 0. The Hall–Kier alpha value is -1.58. The van der Waals surface area contributed by atoms with Crippen LogP contribution in [0.5, 0.6) is 0 Å². The fraction of sp³-hybridized carbons (Fsp3) is 0.571. The molecular weight excluding hydrogens is 228 g/mol. The zero-order valence-corrected chi connectivity index (χ0v) is 10.6. The van der Waals surface area contributed by atoms with Crippen LogP contribution in [0.3, 0.4) is 0 Å². The summed E-state index contributed by atoms with van der Waals surface area (Å²) in [6, 6.07) is 2.47. The molecule has 0 aliphatic heterocycles. The summed E-state index contributed by atoms with van der Waals surface area (Å²) in [5.41, 5.74) is 2.09. The van der Waals surface area contributed by atoms with E-state index in [1.807, 2.05) is 13.0 Å². The number of aromatic carboxylic acids is 1. The van der Waals surface area contributed by atoms with Gasteiger partial charge in [-0.25, -0.2) is 4.79 Å². The molecule has 1 aromatic heterocycles. The summed E-state index contributed by atoms with van der Waals surface area (Å²) >= 11 is 0. The molecule has 2 aliphatic rings. The van der Waals surface area contributed by atoms with E-state index in [0.29, 0.717) is 11.6 Å². The van der Waals surface area contributed by atoms with Crippen LogP contribution >= 0.6 is 0 Å². The van der Waals surface area contributed by atoms with Gasteiger partial charge in [-0.05, 0) is 44.6 Å². The van der Waals surface area contributed by atoms with Crippen molar-refractivity contribution in [2.75, 3.05) is 11.4 Å². The number of carboxylic acids is 1. The molecule has 2 saturated carbocycles. The minimum Gasteiger partial charge on any atom is -0.478 e. The van der Waals surface area contributed by atoms with Gasteiger partial charge in [0.1, 0.15) is 5.56 Å². The second-order valence-electron chi connectivity index (χ2n) is 5.47. The van der Waals surface area contributed by atoms with Crippen molar-refractivity contribution in [1.82, 2.24) is 4.98 Å². The van der Waals surface area contributed by atoms with Crippen LogP contribution in [0.2, 0.25) is 0 Å². The largest absolute Gasteiger partial charge is 0.478 e. The smallest absolute Gasteiger partial charge is 0.339 e. The van der Waals surface area contributed by atoms with Crippen LogP contribution in [-0.2, 0) is 0 Å². The topological polar surface area (TPSA) is 53.4 Å². The van der Waals surface area contributed by atoms with Gasteiger partial charge in [0.2, 0.25) is 0 Å². The lowest BCUT2D eigenvalue weighted by Crippen LogP contribution is -2.30. The van der Waals surface area contributed by atoms with E-state index in [4.69, 9.17) is 0 Å². The molecule has 2 fully saturated rings. The van der Waals surface area contributed by atoms with Crippen LogP contribution in [0.15, 0.2) is 12.3 Å². The van der Waals surface area contributed by atoms with E-state index in [1.165, 1.54) is 31.9 Å². The van der Waals surface area contributed by atoms with Crippen molar-refractivity contribution in [1.29, 1.82) is 0 Å². The number of rotatable bonds is 5. The predicted octanol–water partition coefficient (Wildman–Crippen LogP) is 2.47. The van der Waals surface area contributed by atoms with E-state index >= 15 is 0 Å². The first-order chi connectivity index (χ1) is 8.65. The Morgan fingerprint density at radius 3 is 2.72 bits per heavy atom. The molecule has 2 aliphatic carbocycles. The van der Waals surface area contributed by atoms with Gasteiger partial charge >= 0.3 is 5.97 Å². The molecule has 96 valence electrons. The molecule has 4 heteroatoms. The number of nitrogens with zero attached hydrogens (tertiary/aromatic N) is 2. The summed E-state index contributed by atoms with van der Waals surface area (Å²) < 4.78 is 0. The second-order valence-corrected chi connectivity index (χ2v) is 5.47. The molecule has 1 aromatic rings. The van der Waals surface area contributed by atoms with Crippen molar-refractivity contribution in [3.63, 3.8) is 0 Å². The Labute approximate surface area is 107 Å². The molecule has 0 unspecified atom stereocenters. The quantitative estimate of drug-likeness (QED) is 0.867. The summed E-state index contributed by atoms with van der Waals surface area (Å²) in [6.45, 7) is 2.92. The van der Waals surface area contributed by atoms with E-state index in [0.717, 1.165) is 23.8 Å². The van der Waals surface area contributed by atoms with Crippen LogP contribution in [0, 0.1) is 12.8 Å². The van der Waals surface area contributed by atoms with E-state index in [1.54, 1.807) is 0 Å². The molecule has 1 heterocycles. The van der Waals surface area contributed by atoms with Gasteiger partial charge in [-0.3, -0.25) is 4.98 Å². The summed E-state index contributed by atoms with van der Waals surface area (Å²) in [6.07, 6.45) is 6.45.